The largest absolute Gasteiger partial charge is 0.494 e. The van der Waals surface area contributed by atoms with Gasteiger partial charge in [0.2, 0.25) is 0 Å². The smallest absolute Gasteiger partial charge is 0.145 e. The van der Waals surface area contributed by atoms with Crippen LogP contribution in [0.3, 0.4) is 0 Å². The van der Waals surface area contributed by atoms with Gasteiger partial charge in [-0.05, 0) is 12.1 Å². The number of rotatable bonds is 4. The molecule has 2 aromatic heterocycles. The lowest BCUT2D eigenvalue weighted by atomic mass is 10.2. The van der Waals surface area contributed by atoms with Crippen molar-refractivity contribution in [3.8, 4) is 5.75 Å². The molecule has 0 saturated heterocycles. The quantitative estimate of drug-likeness (QED) is 0.790. The average molecular weight is 268 g/mol. The molecule has 0 radical (unpaired) electrons. The third-order valence-electron chi connectivity index (χ3n) is 3.14. The molecule has 20 heavy (non-hydrogen) atoms. The van der Waals surface area contributed by atoms with Crippen LogP contribution in [0.4, 0.5) is 5.69 Å². The number of aromatic nitrogens is 3. The van der Waals surface area contributed by atoms with Crippen LogP contribution in [0.25, 0.3) is 10.9 Å². The number of aryl methyl sites for hydroxylation is 1. The Balaban J connectivity index is 1.85. The Kier molecular flexibility index (Phi) is 3.25. The lowest BCUT2D eigenvalue weighted by molar-refractivity contribution is 0.419. The number of pyridine rings is 1. The molecule has 0 saturated carbocycles. The highest BCUT2D eigenvalue weighted by Gasteiger charge is 2.04. The van der Waals surface area contributed by atoms with Gasteiger partial charge < -0.3 is 10.1 Å². The highest BCUT2D eigenvalue weighted by atomic mass is 16.5. The molecule has 3 aromatic rings. The topological polar surface area (TPSA) is 52.0 Å². The molecule has 0 amide bonds. The number of nitrogens with one attached hydrogen (secondary N) is 1. The van der Waals surface area contributed by atoms with Gasteiger partial charge in [-0.3, -0.25) is 4.68 Å². The molecule has 5 nitrogen and oxygen atoms in total. The van der Waals surface area contributed by atoms with Crippen LogP contribution in [0.1, 0.15) is 5.69 Å². The molecule has 0 atom stereocenters. The Morgan fingerprint density at radius 2 is 2.15 bits per heavy atom. The summed E-state index contributed by atoms with van der Waals surface area (Å²) >= 11 is 0. The summed E-state index contributed by atoms with van der Waals surface area (Å²) in [5.41, 5.74) is 2.83. The number of fused-ring (bicyclic) bond motifs is 1. The number of hydrogen-bond acceptors (Lipinski definition) is 4. The molecular formula is C15H16N4O. The van der Waals surface area contributed by atoms with Crippen molar-refractivity contribution in [2.45, 2.75) is 6.54 Å². The predicted molar refractivity (Wildman–Crippen MR) is 78.8 cm³/mol. The Hall–Kier alpha value is -2.56. The summed E-state index contributed by atoms with van der Waals surface area (Å²) < 4.78 is 7.12. The van der Waals surface area contributed by atoms with Crippen molar-refractivity contribution < 1.29 is 4.74 Å². The first-order valence-corrected chi connectivity index (χ1v) is 6.41. The maximum Gasteiger partial charge on any atom is 0.145 e. The number of methoxy groups -OCH3 is 1. The van der Waals surface area contributed by atoms with Crippen LogP contribution >= 0.6 is 0 Å². The van der Waals surface area contributed by atoms with Crippen molar-refractivity contribution in [1.82, 2.24) is 14.8 Å². The van der Waals surface area contributed by atoms with Gasteiger partial charge in [-0.1, -0.05) is 18.2 Å². The van der Waals surface area contributed by atoms with E-state index in [0.717, 1.165) is 28.0 Å². The summed E-state index contributed by atoms with van der Waals surface area (Å²) in [5.74, 6) is 0.797. The van der Waals surface area contributed by atoms with Gasteiger partial charge in [0.15, 0.2) is 0 Å². The molecule has 0 aliphatic carbocycles. The number of para-hydroxylation sites is 1. The van der Waals surface area contributed by atoms with Crippen LogP contribution in [0.2, 0.25) is 0 Å². The van der Waals surface area contributed by atoms with Gasteiger partial charge in [0.1, 0.15) is 11.3 Å². The van der Waals surface area contributed by atoms with Crippen LogP contribution in [0.15, 0.2) is 42.7 Å². The first-order chi connectivity index (χ1) is 9.76. The lowest BCUT2D eigenvalue weighted by Gasteiger charge is -2.07. The van der Waals surface area contributed by atoms with Crippen LogP contribution in [-0.4, -0.2) is 21.9 Å². The number of anilines is 1. The summed E-state index contributed by atoms with van der Waals surface area (Å²) in [6.45, 7) is 0.652. The first kappa shape index (κ1) is 12.5. The van der Waals surface area contributed by atoms with Gasteiger partial charge in [-0.2, -0.15) is 5.10 Å². The summed E-state index contributed by atoms with van der Waals surface area (Å²) in [5, 5.41) is 8.50. The van der Waals surface area contributed by atoms with Crippen LogP contribution in [0.5, 0.6) is 5.75 Å². The van der Waals surface area contributed by atoms with E-state index in [2.05, 4.69) is 21.5 Å². The SMILES string of the molecule is COc1cccc2ccc(CNc3cnn(C)c3)nc12. The molecule has 0 unspecified atom stereocenters. The third-order valence-corrected chi connectivity index (χ3v) is 3.14. The van der Waals surface area contributed by atoms with Gasteiger partial charge in [-0.25, -0.2) is 4.98 Å². The van der Waals surface area contributed by atoms with E-state index >= 15 is 0 Å². The fourth-order valence-corrected chi connectivity index (χ4v) is 2.13. The second-order valence-corrected chi connectivity index (χ2v) is 4.59. The second kappa shape index (κ2) is 5.21. The number of nitrogens with zero attached hydrogens (tertiary/aromatic N) is 3. The normalized spacial score (nSPS) is 10.7. The fraction of sp³-hybridized carbons (Fsp3) is 0.200. The van der Waals surface area contributed by atoms with Gasteiger partial charge in [0.05, 0.1) is 31.2 Å². The maximum atomic E-state index is 5.35. The second-order valence-electron chi connectivity index (χ2n) is 4.59. The standard InChI is InChI=1S/C15H16N4O/c1-19-10-13(9-17-19)16-8-12-7-6-11-4-3-5-14(20-2)15(11)18-12/h3-7,9-10,16H,8H2,1-2H3. The van der Waals surface area contributed by atoms with E-state index in [-0.39, 0.29) is 0 Å². The number of ether oxygens (including phenoxy) is 1. The van der Waals surface area contributed by atoms with E-state index < -0.39 is 0 Å². The molecule has 102 valence electrons. The molecule has 1 aromatic carbocycles. The zero-order valence-electron chi connectivity index (χ0n) is 11.5. The monoisotopic (exact) mass is 268 g/mol. The van der Waals surface area contributed by atoms with Gasteiger partial charge in [0.25, 0.3) is 0 Å². The number of hydrogen-bond donors (Lipinski definition) is 1. The summed E-state index contributed by atoms with van der Waals surface area (Å²) in [7, 11) is 3.56. The Morgan fingerprint density at radius 1 is 1.25 bits per heavy atom. The van der Waals surface area contributed by atoms with Crippen molar-refractivity contribution in [3.05, 3.63) is 48.4 Å². The Bertz CT molecular complexity index is 736. The maximum absolute atomic E-state index is 5.35. The van der Waals surface area contributed by atoms with E-state index in [1.165, 1.54) is 0 Å². The minimum Gasteiger partial charge on any atom is -0.494 e. The van der Waals surface area contributed by atoms with E-state index in [0.29, 0.717) is 6.54 Å². The van der Waals surface area contributed by atoms with E-state index in [1.54, 1.807) is 18.0 Å². The highest BCUT2D eigenvalue weighted by molar-refractivity contribution is 5.84. The molecule has 0 spiro atoms. The highest BCUT2D eigenvalue weighted by Crippen LogP contribution is 2.23. The van der Waals surface area contributed by atoms with Crippen molar-refractivity contribution in [3.63, 3.8) is 0 Å². The zero-order chi connectivity index (χ0) is 13.9. The number of benzene rings is 1. The minimum atomic E-state index is 0.652. The van der Waals surface area contributed by atoms with E-state index in [9.17, 15) is 0 Å². The third kappa shape index (κ3) is 2.42. The van der Waals surface area contributed by atoms with Crippen molar-refractivity contribution in [1.29, 1.82) is 0 Å². The predicted octanol–water partition coefficient (Wildman–Crippen LogP) is 2.59. The Labute approximate surface area is 117 Å². The van der Waals surface area contributed by atoms with Crippen molar-refractivity contribution >= 4 is 16.6 Å². The molecule has 0 fully saturated rings. The van der Waals surface area contributed by atoms with Crippen molar-refractivity contribution in [2.24, 2.45) is 7.05 Å². The van der Waals surface area contributed by atoms with Gasteiger partial charge in [-0.15, -0.1) is 0 Å². The molecule has 1 N–H and O–H groups in total. The molecule has 0 bridgehead atoms. The Morgan fingerprint density at radius 3 is 2.90 bits per heavy atom. The zero-order valence-corrected chi connectivity index (χ0v) is 11.5. The van der Waals surface area contributed by atoms with E-state index in [4.69, 9.17) is 4.74 Å². The molecule has 0 aliphatic heterocycles. The average Bonchev–Trinajstić information content (AvgIpc) is 2.90. The minimum absolute atomic E-state index is 0.652. The summed E-state index contributed by atoms with van der Waals surface area (Å²) in [6, 6.07) is 10.0. The van der Waals surface area contributed by atoms with Crippen LogP contribution in [-0.2, 0) is 13.6 Å². The van der Waals surface area contributed by atoms with Gasteiger partial charge >= 0.3 is 0 Å². The molecule has 2 heterocycles. The fourth-order valence-electron chi connectivity index (χ4n) is 2.13. The van der Waals surface area contributed by atoms with Crippen molar-refractivity contribution in [2.75, 3.05) is 12.4 Å². The molecule has 3 rings (SSSR count). The first-order valence-electron chi connectivity index (χ1n) is 6.41. The van der Waals surface area contributed by atoms with Gasteiger partial charge in [0, 0.05) is 18.6 Å². The summed E-state index contributed by atoms with van der Waals surface area (Å²) in [4.78, 5) is 4.65. The summed E-state index contributed by atoms with van der Waals surface area (Å²) in [6.07, 6.45) is 3.73. The lowest BCUT2D eigenvalue weighted by Crippen LogP contribution is -2.01. The van der Waals surface area contributed by atoms with Crippen LogP contribution < -0.4 is 10.1 Å². The van der Waals surface area contributed by atoms with Crippen LogP contribution in [0, 0.1) is 0 Å². The van der Waals surface area contributed by atoms with E-state index in [1.807, 2.05) is 37.5 Å². The molecular weight excluding hydrogens is 252 g/mol. The molecule has 0 aliphatic rings. The molecule has 5 heteroatoms.